The first-order valence-corrected chi connectivity index (χ1v) is 7.16. The Balaban J connectivity index is 2.45. The van der Waals surface area contributed by atoms with Gasteiger partial charge in [0.15, 0.2) is 5.16 Å². The molecule has 0 fully saturated rings. The molecular formula is C14H16N2O4S. The lowest BCUT2D eigenvalue weighted by atomic mass is 10.2. The highest BCUT2D eigenvalue weighted by Gasteiger charge is 2.13. The zero-order valence-corrected chi connectivity index (χ0v) is 12.8. The molecular weight excluding hydrogens is 292 g/mol. The number of thioether (sulfide) groups is 1. The van der Waals surface area contributed by atoms with Gasteiger partial charge in [-0.2, -0.15) is 0 Å². The van der Waals surface area contributed by atoms with Crippen molar-refractivity contribution in [1.29, 1.82) is 0 Å². The summed E-state index contributed by atoms with van der Waals surface area (Å²) in [6.45, 7) is 1.91. The van der Waals surface area contributed by atoms with E-state index in [0.29, 0.717) is 16.7 Å². The molecule has 0 aliphatic carbocycles. The van der Waals surface area contributed by atoms with Gasteiger partial charge in [0.2, 0.25) is 0 Å². The summed E-state index contributed by atoms with van der Waals surface area (Å²) in [4.78, 5) is 15.0. The van der Waals surface area contributed by atoms with Crippen LogP contribution in [-0.2, 0) is 4.79 Å². The monoisotopic (exact) mass is 308 g/mol. The Bertz CT molecular complexity index is 632. The Morgan fingerprint density at radius 3 is 2.43 bits per heavy atom. The minimum absolute atomic E-state index is 0.0441. The third-order valence-electron chi connectivity index (χ3n) is 2.82. The number of aromatic nitrogens is 2. The first kappa shape index (κ1) is 15.2. The topological polar surface area (TPSA) is 73.6 Å². The van der Waals surface area contributed by atoms with Crippen LogP contribution in [0.15, 0.2) is 29.6 Å². The van der Waals surface area contributed by atoms with Crippen LogP contribution in [0.25, 0.3) is 5.69 Å². The maximum atomic E-state index is 10.7. The zero-order chi connectivity index (χ0) is 15.4. The summed E-state index contributed by atoms with van der Waals surface area (Å²) in [5, 5.41) is 9.43. The zero-order valence-electron chi connectivity index (χ0n) is 12.0. The Labute approximate surface area is 126 Å². The maximum Gasteiger partial charge on any atom is 0.313 e. The number of ether oxygens (including phenoxy) is 2. The maximum absolute atomic E-state index is 10.7. The molecule has 2 rings (SSSR count). The molecule has 0 aliphatic heterocycles. The molecule has 0 saturated heterocycles. The highest BCUT2D eigenvalue weighted by molar-refractivity contribution is 7.99. The standard InChI is InChI=1S/C14H16N2O4S/c1-9-7-15-14(21-8-13(17)18)16(9)10-4-11(19-2)6-12(5-10)20-3/h4-7H,8H2,1-3H3,(H,17,18). The van der Waals surface area contributed by atoms with Gasteiger partial charge in [0.1, 0.15) is 11.5 Å². The van der Waals surface area contributed by atoms with E-state index in [1.807, 2.05) is 23.6 Å². The van der Waals surface area contributed by atoms with Crippen LogP contribution in [0.5, 0.6) is 11.5 Å². The van der Waals surface area contributed by atoms with E-state index in [4.69, 9.17) is 14.6 Å². The number of carboxylic acid groups (broad SMARTS) is 1. The second kappa shape index (κ2) is 6.53. The molecule has 1 aromatic heterocycles. The molecule has 0 atom stereocenters. The first-order chi connectivity index (χ1) is 10.0. The number of carbonyl (C=O) groups is 1. The smallest absolute Gasteiger partial charge is 0.313 e. The number of benzene rings is 1. The fourth-order valence-electron chi connectivity index (χ4n) is 1.88. The lowest BCUT2D eigenvalue weighted by molar-refractivity contribution is -0.133. The molecule has 1 N–H and O–H groups in total. The second-order valence-electron chi connectivity index (χ2n) is 4.27. The molecule has 0 radical (unpaired) electrons. The van der Waals surface area contributed by atoms with Crippen molar-refractivity contribution in [3.63, 3.8) is 0 Å². The summed E-state index contributed by atoms with van der Waals surface area (Å²) < 4.78 is 12.4. The molecule has 0 amide bonds. The van der Waals surface area contributed by atoms with Crippen molar-refractivity contribution in [2.75, 3.05) is 20.0 Å². The highest BCUT2D eigenvalue weighted by Crippen LogP contribution is 2.29. The molecule has 1 aromatic carbocycles. The molecule has 6 nitrogen and oxygen atoms in total. The third-order valence-corrected chi connectivity index (χ3v) is 3.76. The third kappa shape index (κ3) is 3.49. The van der Waals surface area contributed by atoms with Crippen LogP contribution in [-0.4, -0.2) is 40.6 Å². The Morgan fingerprint density at radius 2 is 1.90 bits per heavy atom. The van der Waals surface area contributed by atoms with Gasteiger partial charge < -0.3 is 14.6 Å². The molecule has 0 aliphatic rings. The number of hydrogen-bond donors (Lipinski definition) is 1. The van der Waals surface area contributed by atoms with Gasteiger partial charge in [-0.3, -0.25) is 9.36 Å². The van der Waals surface area contributed by atoms with E-state index < -0.39 is 5.97 Å². The van der Waals surface area contributed by atoms with Gasteiger partial charge in [-0.15, -0.1) is 0 Å². The van der Waals surface area contributed by atoms with Crippen LogP contribution >= 0.6 is 11.8 Å². The number of carboxylic acids is 1. The van der Waals surface area contributed by atoms with E-state index in [2.05, 4.69) is 4.98 Å². The van der Waals surface area contributed by atoms with Crippen molar-refractivity contribution in [1.82, 2.24) is 9.55 Å². The molecule has 21 heavy (non-hydrogen) atoms. The van der Waals surface area contributed by atoms with Gasteiger partial charge in [0.05, 0.1) is 25.7 Å². The average Bonchev–Trinajstić information content (AvgIpc) is 2.85. The molecule has 0 saturated carbocycles. The van der Waals surface area contributed by atoms with Crippen LogP contribution in [0.3, 0.4) is 0 Å². The predicted octanol–water partition coefficient (Wildman–Crippen LogP) is 2.37. The molecule has 0 unspecified atom stereocenters. The fourth-order valence-corrected chi connectivity index (χ4v) is 2.64. The second-order valence-corrected chi connectivity index (χ2v) is 5.21. The van der Waals surface area contributed by atoms with E-state index >= 15 is 0 Å². The molecule has 2 aromatic rings. The Kier molecular flexibility index (Phi) is 4.74. The summed E-state index contributed by atoms with van der Waals surface area (Å²) in [5.41, 5.74) is 1.72. The first-order valence-electron chi connectivity index (χ1n) is 6.17. The van der Waals surface area contributed by atoms with Crippen LogP contribution in [0.4, 0.5) is 0 Å². The van der Waals surface area contributed by atoms with Gasteiger partial charge in [-0.05, 0) is 6.92 Å². The Hall–Kier alpha value is -2.15. The van der Waals surface area contributed by atoms with Gasteiger partial charge in [0, 0.05) is 30.1 Å². The largest absolute Gasteiger partial charge is 0.497 e. The van der Waals surface area contributed by atoms with Gasteiger partial charge in [0.25, 0.3) is 0 Å². The van der Waals surface area contributed by atoms with Crippen molar-refractivity contribution >= 4 is 17.7 Å². The minimum Gasteiger partial charge on any atom is -0.497 e. The molecule has 112 valence electrons. The highest BCUT2D eigenvalue weighted by atomic mass is 32.2. The molecule has 0 spiro atoms. The SMILES string of the molecule is COc1cc(OC)cc(-n2c(C)cnc2SCC(=O)O)c1. The molecule has 7 heteroatoms. The summed E-state index contributed by atoms with van der Waals surface area (Å²) in [6, 6.07) is 5.48. The molecule has 0 bridgehead atoms. The van der Waals surface area contributed by atoms with Crippen molar-refractivity contribution in [2.24, 2.45) is 0 Å². The van der Waals surface area contributed by atoms with E-state index in [1.165, 1.54) is 11.8 Å². The summed E-state index contributed by atoms with van der Waals surface area (Å²) >= 11 is 1.17. The van der Waals surface area contributed by atoms with Crippen LogP contribution < -0.4 is 9.47 Å². The Morgan fingerprint density at radius 1 is 1.29 bits per heavy atom. The number of nitrogens with zero attached hydrogens (tertiary/aromatic N) is 2. The van der Waals surface area contributed by atoms with Crippen LogP contribution in [0.2, 0.25) is 0 Å². The lowest BCUT2D eigenvalue weighted by Gasteiger charge is -2.12. The van der Waals surface area contributed by atoms with Crippen molar-refractivity contribution in [3.05, 3.63) is 30.1 Å². The normalized spacial score (nSPS) is 10.4. The van der Waals surface area contributed by atoms with Crippen molar-refractivity contribution in [3.8, 4) is 17.2 Å². The van der Waals surface area contributed by atoms with E-state index in [1.54, 1.807) is 26.5 Å². The number of aryl methyl sites for hydroxylation is 1. The average molecular weight is 308 g/mol. The minimum atomic E-state index is -0.879. The number of methoxy groups -OCH3 is 2. The number of rotatable bonds is 6. The summed E-state index contributed by atoms with van der Waals surface area (Å²) in [7, 11) is 3.17. The fraction of sp³-hybridized carbons (Fsp3) is 0.286. The lowest BCUT2D eigenvalue weighted by Crippen LogP contribution is -2.03. The number of hydrogen-bond acceptors (Lipinski definition) is 5. The predicted molar refractivity (Wildman–Crippen MR) is 79.8 cm³/mol. The number of imidazole rings is 1. The van der Waals surface area contributed by atoms with E-state index in [0.717, 1.165) is 11.4 Å². The quantitative estimate of drug-likeness (QED) is 0.826. The van der Waals surface area contributed by atoms with E-state index in [9.17, 15) is 4.79 Å². The van der Waals surface area contributed by atoms with Gasteiger partial charge in [-0.25, -0.2) is 4.98 Å². The summed E-state index contributed by atoms with van der Waals surface area (Å²) in [5.74, 6) is 0.395. The van der Waals surface area contributed by atoms with Crippen molar-refractivity contribution in [2.45, 2.75) is 12.1 Å². The van der Waals surface area contributed by atoms with Gasteiger partial charge in [-0.1, -0.05) is 11.8 Å². The van der Waals surface area contributed by atoms with Crippen LogP contribution in [0.1, 0.15) is 5.69 Å². The molecule has 1 heterocycles. The van der Waals surface area contributed by atoms with E-state index in [-0.39, 0.29) is 5.75 Å². The van der Waals surface area contributed by atoms with Gasteiger partial charge >= 0.3 is 5.97 Å². The summed E-state index contributed by atoms with van der Waals surface area (Å²) in [6.07, 6.45) is 1.70. The number of aliphatic carboxylic acids is 1. The van der Waals surface area contributed by atoms with Crippen molar-refractivity contribution < 1.29 is 19.4 Å². The van der Waals surface area contributed by atoms with Crippen LogP contribution in [0, 0.1) is 6.92 Å².